The SMILES string of the molecule is CNC(COCCOC)c1sccc1Cl. The second-order valence-electron chi connectivity index (χ2n) is 3.04. The molecule has 15 heavy (non-hydrogen) atoms. The summed E-state index contributed by atoms with van der Waals surface area (Å²) >= 11 is 7.68. The van der Waals surface area contributed by atoms with Crippen molar-refractivity contribution in [2.45, 2.75) is 6.04 Å². The number of hydrogen-bond acceptors (Lipinski definition) is 4. The maximum atomic E-state index is 6.04. The maximum Gasteiger partial charge on any atom is 0.0701 e. The first-order chi connectivity index (χ1) is 7.29. The molecular weight excluding hydrogens is 234 g/mol. The normalized spacial score (nSPS) is 13.0. The molecule has 86 valence electrons. The van der Waals surface area contributed by atoms with Crippen molar-refractivity contribution < 1.29 is 9.47 Å². The number of likely N-dealkylation sites (N-methyl/N-ethyl adjacent to an activating group) is 1. The van der Waals surface area contributed by atoms with E-state index in [9.17, 15) is 0 Å². The van der Waals surface area contributed by atoms with E-state index in [4.69, 9.17) is 21.1 Å². The monoisotopic (exact) mass is 249 g/mol. The molecule has 0 amide bonds. The van der Waals surface area contributed by atoms with Gasteiger partial charge >= 0.3 is 0 Å². The molecule has 0 fully saturated rings. The molecule has 3 nitrogen and oxygen atoms in total. The lowest BCUT2D eigenvalue weighted by atomic mass is 10.2. The van der Waals surface area contributed by atoms with Crippen molar-refractivity contribution in [2.24, 2.45) is 0 Å². The summed E-state index contributed by atoms with van der Waals surface area (Å²) in [5.74, 6) is 0. The van der Waals surface area contributed by atoms with Gasteiger partial charge in [-0.1, -0.05) is 11.6 Å². The first-order valence-corrected chi connectivity index (χ1v) is 6.02. The van der Waals surface area contributed by atoms with Crippen molar-refractivity contribution in [1.82, 2.24) is 5.32 Å². The Morgan fingerprint density at radius 2 is 2.33 bits per heavy atom. The van der Waals surface area contributed by atoms with Crippen LogP contribution in [0, 0.1) is 0 Å². The summed E-state index contributed by atoms with van der Waals surface area (Å²) in [5, 5.41) is 5.97. The van der Waals surface area contributed by atoms with E-state index in [2.05, 4.69) is 5.32 Å². The van der Waals surface area contributed by atoms with Crippen molar-refractivity contribution in [3.05, 3.63) is 21.3 Å². The van der Waals surface area contributed by atoms with Crippen molar-refractivity contribution in [1.29, 1.82) is 0 Å². The quantitative estimate of drug-likeness (QED) is 0.753. The minimum atomic E-state index is 0.161. The smallest absolute Gasteiger partial charge is 0.0701 e. The Bertz CT molecular complexity index is 280. The molecule has 1 aromatic heterocycles. The fourth-order valence-electron chi connectivity index (χ4n) is 1.19. The van der Waals surface area contributed by atoms with E-state index < -0.39 is 0 Å². The van der Waals surface area contributed by atoms with Crippen LogP contribution in [-0.2, 0) is 9.47 Å². The molecule has 0 saturated heterocycles. The summed E-state index contributed by atoms with van der Waals surface area (Å²) in [5.41, 5.74) is 0. The second-order valence-corrected chi connectivity index (χ2v) is 4.40. The molecule has 1 N–H and O–H groups in total. The van der Waals surface area contributed by atoms with Crippen LogP contribution in [0.25, 0.3) is 0 Å². The highest BCUT2D eigenvalue weighted by Crippen LogP contribution is 2.28. The molecule has 0 aliphatic carbocycles. The van der Waals surface area contributed by atoms with Crippen molar-refractivity contribution in [3.63, 3.8) is 0 Å². The number of thiophene rings is 1. The van der Waals surface area contributed by atoms with Crippen LogP contribution in [0.3, 0.4) is 0 Å². The first kappa shape index (κ1) is 12.9. The van der Waals surface area contributed by atoms with Crippen molar-refractivity contribution >= 4 is 22.9 Å². The van der Waals surface area contributed by atoms with Crippen LogP contribution in [0.5, 0.6) is 0 Å². The predicted octanol–water partition coefficient (Wildman–Crippen LogP) is 2.33. The average Bonchev–Trinajstić information content (AvgIpc) is 2.65. The van der Waals surface area contributed by atoms with Crippen LogP contribution in [0.2, 0.25) is 5.02 Å². The van der Waals surface area contributed by atoms with Gasteiger partial charge in [0.05, 0.1) is 30.9 Å². The molecule has 0 aromatic carbocycles. The lowest BCUT2D eigenvalue weighted by Gasteiger charge is -2.15. The molecule has 0 aliphatic rings. The molecule has 0 spiro atoms. The van der Waals surface area contributed by atoms with Crippen LogP contribution in [0.1, 0.15) is 10.9 Å². The van der Waals surface area contributed by atoms with Crippen molar-refractivity contribution in [3.8, 4) is 0 Å². The van der Waals surface area contributed by atoms with Crippen LogP contribution in [0.4, 0.5) is 0 Å². The standard InChI is InChI=1S/C10H16ClNO2S/c1-12-9(7-14-5-4-13-2)10-8(11)3-6-15-10/h3,6,9,12H,4-5,7H2,1-2H3. The minimum absolute atomic E-state index is 0.161. The zero-order valence-corrected chi connectivity index (χ0v) is 10.5. The van der Waals surface area contributed by atoms with Gasteiger partial charge in [-0.25, -0.2) is 0 Å². The van der Waals surface area contributed by atoms with Gasteiger partial charge in [-0.2, -0.15) is 0 Å². The van der Waals surface area contributed by atoms with Gasteiger partial charge < -0.3 is 14.8 Å². The molecule has 0 bridgehead atoms. The third-order valence-corrected chi connectivity index (χ3v) is 3.50. The largest absolute Gasteiger partial charge is 0.382 e. The van der Waals surface area contributed by atoms with Crippen LogP contribution in [0.15, 0.2) is 11.4 Å². The molecule has 1 heterocycles. The van der Waals surface area contributed by atoms with Gasteiger partial charge in [-0.3, -0.25) is 0 Å². The minimum Gasteiger partial charge on any atom is -0.382 e. The average molecular weight is 250 g/mol. The van der Waals surface area contributed by atoms with E-state index in [-0.39, 0.29) is 6.04 Å². The number of halogens is 1. The molecule has 1 aromatic rings. The van der Waals surface area contributed by atoms with E-state index >= 15 is 0 Å². The molecule has 0 aliphatic heterocycles. The molecular formula is C10H16ClNO2S. The van der Waals surface area contributed by atoms with Gasteiger partial charge in [0.1, 0.15) is 0 Å². The van der Waals surface area contributed by atoms with E-state index in [1.165, 1.54) is 0 Å². The molecule has 1 unspecified atom stereocenters. The van der Waals surface area contributed by atoms with E-state index in [0.29, 0.717) is 19.8 Å². The van der Waals surface area contributed by atoms with E-state index in [1.54, 1.807) is 18.4 Å². The molecule has 1 atom stereocenters. The third-order valence-electron chi connectivity index (χ3n) is 2.03. The lowest BCUT2D eigenvalue weighted by Crippen LogP contribution is -2.22. The highest BCUT2D eigenvalue weighted by atomic mass is 35.5. The van der Waals surface area contributed by atoms with Crippen LogP contribution in [-0.4, -0.2) is 34.0 Å². The highest BCUT2D eigenvalue weighted by Gasteiger charge is 2.14. The van der Waals surface area contributed by atoms with E-state index in [1.807, 2.05) is 18.5 Å². The number of hydrogen-bond donors (Lipinski definition) is 1. The zero-order valence-electron chi connectivity index (χ0n) is 8.96. The van der Waals surface area contributed by atoms with Gasteiger partial charge in [-0.05, 0) is 18.5 Å². The Morgan fingerprint density at radius 1 is 1.53 bits per heavy atom. The number of ether oxygens (including phenoxy) is 2. The van der Waals surface area contributed by atoms with Gasteiger partial charge in [0, 0.05) is 12.0 Å². The molecule has 1 rings (SSSR count). The summed E-state index contributed by atoms with van der Waals surface area (Å²) in [7, 11) is 3.56. The molecule has 5 heteroatoms. The Labute approximate surface area is 99.3 Å². The summed E-state index contributed by atoms with van der Waals surface area (Å²) in [6.07, 6.45) is 0. The fourth-order valence-corrected chi connectivity index (χ4v) is 2.47. The number of methoxy groups -OCH3 is 1. The van der Waals surface area contributed by atoms with Crippen LogP contribution < -0.4 is 5.32 Å². The Kier molecular flexibility index (Phi) is 6.20. The second kappa shape index (κ2) is 7.19. The molecule has 0 saturated carbocycles. The summed E-state index contributed by atoms with van der Waals surface area (Å²) in [4.78, 5) is 1.12. The maximum absolute atomic E-state index is 6.04. The Balaban J connectivity index is 2.39. The van der Waals surface area contributed by atoms with Gasteiger partial charge in [0.15, 0.2) is 0 Å². The molecule has 0 radical (unpaired) electrons. The summed E-state index contributed by atoms with van der Waals surface area (Å²) in [6, 6.07) is 2.07. The zero-order chi connectivity index (χ0) is 11.1. The van der Waals surface area contributed by atoms with Crippen LogP contribution >= 0.6 is 22.9 Å². The number of rotatable bonds is 7. The lowest BCUT2D eigenvalue weighted by molar-refractivity contribution is 0.0601. The third kappa shape index (κ3) is 4.09. The van der Waals surface area contributed by atoms with Crippen molar-refractivity contribution in [2.75, 3.05) is 34.0 Å². The summed E-state index contributed by atoms with van der Waals surface area (Å²) < 4.78 is 10.4. The summed E-state index contributed by atoms with van der Waals surface area (Å²) in [6.45, 7) is 1.84. The fraction of sp³-hybridized carbons (Fsp3) is 0.600. The van der Waals surface area contributed by atoms with E-state index in [0.717, 1.165) is 9.90 Å². The van der Waals surface area contributed by atoms with Gasteiger partial charge in [0.25, 0.3) is 0 Å². The topological polar surface area (TPSA) is 30.5 Å². The van der Waals surface area contributed by atoms with Gasteiger partial charge in [0.2, 0.25) is 0 Å². The predicted molar refractivity (Wildman–Crippen MR) is 63.8 cm³/mol. The van der Waals surface area contributed by atoms with Gasteiger partial charge in [-0.15, -0.1) is 11.3 Å². The highest BCUT2D eigenvalue weighted by molar-refractivity contribution is 7.10. The Hall–Kier alpha value is -0.130. The first-order valence-electron chi connectivity index (χ1n) is 4.76. The number of nitrogens with one attached hydrogen (secondary N) is 1. The Morgan fingerprint density at radius 3 is 2.87 bits per heavy atom.